The van der Waals surface area contributed by atoms with E-state index in [9.17, 15) is 13.2 Å². The molecule has 0 spiro atoms. The van der Waals surface area contributed by atoms with E-state index in [1.165, 1.54) is 0 Å². The average molecular weight is 325 g/mol. The molecule has 1 rings (SSSR count). The zero-order chi connectivity index (χ0) is 13.9. The minimum Gasteiger partial charge on any atom is -0.492 e. The number of rotatable bonds is 4. The molecule has 102 valence electrons. The summed E-state index contributed by atoms with van der Waals surface area (Å²) < 4.78 is 42.4. The van der Waals surface area contributed by atoms with Crippen LogP contribution in [0.25, 0.3) is 0 Å². The Bertz CT molecular complexity index is 402. The smallest absolute Gasteiger partial charge is 0.404 e. The van der Waals surface area contributed by atoms with Crippen molar-refractivity contribution >= 4 is 15.9 Å². The molecule has 1 aromatic carbocycles. The number of ether oxygens (including phenoxy) is 1. The molecule has 0 aliphatic carbocycles. The van der Waals surface area contributed by atoms with E-state index in [1.54, 1.807) is 6.07 Å². The van der Waals surface area contributed by atoms with Crippen molar-refractivity contribution in [3.63, 3.8) is 0 Å². The van der Waals surface area contributed by atoms with Crippen molar-refractivity contribution in [2.24, 2.45) is 0 Å². The molecule has 0 heterocycles. The van der Waals surface area contributed by atoms with Crippen LogP contribution >= 0.6 is 15.9 Å². The van der Waals surface area contributed by atoms with E-state index in [0.717, 1.165) is 11.1 Å². The molecule has 0 amide bonds. The van der Waals surface area contributed by atoms with Gasteiger partial charge in [0, 0.05) is 0 Å². The van der Waals surface area contributed by atoms with Gasteiger partial charge in [0.15, 0.2) is 0 Å². The molecule has 0 aliphatic heterocycles. The van der Waals surface area contributed by atoms with Crippen molar-refractivity contribution in [1.29, 1.82) is 0 Å². The fraction of sp³-hybridized carbons (Fsp3) is 0.538. The molecule has 1 atom stereocenters. The van der Waals surface area contributed by atoms with Crippen LogP contribution in [0, 0.1) is 6.92 Å². The zero-order valence-corrected chi connectivity index (χ0v) is 12.1. The Balaban J connectivity index is 2.81. The fourth-order valence-corrected chi connectivity index (χ4v) is 1.63. The Morgan fingerprint density at radius 1 is 1.28 bits per heavy atom. The highest BCUT2D eigenvalue weighted by Gasteiger charge is 2.38. The molecule has 0 bridgehead atoms. The van der Waals surface area contributed by atoms with Gasteiger partial charge in [0.25, 0.3) is 0 Å². The predicted molar refractivity (Wildman–Crippen MR) is 69.5 cm³/mol. The summed E-state index contributed by atoms with van der Waals surface area (Å²) in [5.74, 6) is 0.735. The number of aryl methyl sites for hydroxylation is 1. The first-order valence-electron chi connectivity index (χ1n) is 5.66. The van der Waals surface area contributed by atoms with Crippen LogP contribution in [-0.2, 0) is 0 Å². The van der Waals surface area contributed by atoms with Crippen molar-refractivity contribution in [2.75, 3.05) is 6.61 Å². The molecule has 0 fully saturated rings. The summed E-state index contributed by atoms with van der Waals surface area (Å²) in [5.41, 5.74) is 1.88. The second-order valence-electron chi connectivity index (χ2n) is 4.52. The maximum atomic E-state index is 12.4. The second kappa shape index (κ2) is 5.95. The first kappa shape index (κ1) is 15.3. The van der Waals surface area contributed by atoms with Crippen LogP contribution in [0.5, 0.6) is 5.75 Å². The van der Waals surface area contributed by atoms with Gasteiger partial charge >= 0.3 is 6.18 Å². The third kappa shape index (κ3) is 4.19. The summed E-state index contributed by atoms with van der Waals surface area (Å²) in [6, 6.07) is 5.59. The lowest BCUT2D eigenvalue weighted by atomic mass is 10.0. The van der Waals surface area contributed by atoms with Crippen LogP contribution in [0.1, 0.15) is 30.9 Å². The summed E-state index contributed by atoms with van der Waals surface area (Å²) in [6.45, 7) is 5.42. The van der Waals surface area contributed by atoms with Gasteiger partial charge in [-0.1, -0.05) is 41.9 Å². The highest BCUT2D eigenvalue weighted by Crippen LogP contribution is 2.30. The van der Waals surface area contributed by atoms with E-state index in [4.69, 9.17) is 4.74 Å². The van der Waals surface area contributed by atoms with E-state index in [1.807, 2.05) is 32.9 Å². The summed E-state index contributed by atoms with van der Waals surface area (Å²) >= 11 is 2.59. The number of hydrogen-bond donors (Lipinski definition) is 0. The van der Waals surface area contributed by atoms with Crippen molar-refractivity contribution in [3.05, 3.63) is 29.3 Å². The molecule has 0 saturated heterocycles. The summed E-state index contributed by atoms with van der Waals surface area (Å²) in [4.78, 5) is -1.65. The molecule has 0 radical (unpaired) electrons. The minimum atomic E-state index is -4.29. The van der Waals surface area contributed by atoms with Gasteiger partial charge in [-0.2, -0.15) is 13.2 Å². The number of halogens is 4. The average Bonchev–Trinajstić information content (AvgIpc) is 2.24. The van der Waals surface area contributed by atoms with Crippen LogP contribution in [0.15, 0.2) is 18.2 Å². The van der Waals surface area contributed by atoms with Gasteiger partial charge in [-0.3, -0.25) is 0 Å². The molecule has 18 heavy (non-hydrogen) atoms. The molecular formula is C13H16BrF3O. The lowest BCUT2D eigenvalue weighted by molar-refractivity contribution is -0.132. The van der Waals surface area contributed by atoms with Crippen molar-refractivity contribution in [2.45, 2.75) is 37.7 Å². The number of hydrogen-bond acceptors (Lipinski definition) is 1. The SMILES string of the molecule is Cc1ccc(C(C)C)c(OCC(Br)C(F)(F)F)c1. The molecular weight excluding hydrogens is 309 g/mol. The Morgan fingerprint density at radius 2 is 1.89 bits per heavy atom. The standard InChI is InChI=1S/C13H16BrF3O/c1-8(2)10-5-4-9(3)6-11(10)18-7-12(14)13(15,16)17/h4-6,8,12H,7H2,1-3H3. The first-order chi connectivity index (χ1) is 8.21. The largest absolute Gasteiger partial charge is 0.492 e. The predicted octanol–water partition coefficient (Wildman–Crippen LogP) is 4.82. The maximum Gasteiger partial charge on any atom is 0.404 e. The Kier molecular flexibility index (Phi) is 5.08. The third-order valence-electron chi connectivity index (χ3n) is 2.53. The molecule has 1 nitrogen and oxygen atoms in total. The Labute approximate surface area is 113 Å². The molecule has 1 unspecified atom stereocenters. The quantitative estimate of drug-likeness (QED) is 0.721. The number of alkyl halides is 4. The van der Waals surface area contributed by atoms with E-state index in [2.05, 4.69) is 15.9 Å². The number of benzene rings is 1. The monoisotopic (exact) mass is 324 g/mol. The van der Waals surface area contributed by atoms with Crippen molar-refractivity contribution < 1.29 is 17.9 Å². The van der Waals surface area contributed by atoms with E-state index >= 15 is 0 Å². The molecule has 0 aromatic heterocycles. The van der Waals surface area contributed by atoms with Crippen LogP contribution in [-0.4, -0.2) is 17.6 Å². The maximum absolute atomic E-state index is 12.4. The highest BCUT2D eigenvalue weighted by molar-refractivity contribution is 9.09. The third-order valence-corrected chi connectivity index (χ3v) is 3.31. The van der Waals surface area contributed by atoms with Gasteiger partial charge in [0.1, 0.15) is 17.2 Å². The summed E-state index contributed by atoms with van der Waals surface area (Å²) in [6.07, 6.45) is -4.29. The van der Waals surface area contributed by atoms with Crippen molar-refractivity contribution in [1.82, 2.24) is 0 Å². The van der Waals surface area contributed by atoms with Gasteiger partial charge < -0.3 is 4.74 Å². The topological polar surface area (TPSA) is 9.23 Å². The Morgan fingerprint density at radius 3 is 2.39 bits per heavy atom. The van der Waals surface area contributed by atoms with Gasteiger partial charge in [-0.15, -0.1) is 0 Å². The first-order valence-corrected chi connectivity index (χ1v) is 6.57. The van der Waals surface area contributed by atoms with Gasteiger partial charge in [0.2, 0.25) is 0 Å². The Hall–Kier alpha value is -0.710. The minimum absolute atomic E-state index is 0.209. The second-order valence-corrected chi connectivity index (χ2v) is 5.62. The lowest BCUT2D eigenvalue weighted by Crippen LogP contribution is -2.29. The van der Waals surface area contributed by atoms with Crippen LogP contribution in [0.3, 0.4) is 0 Å². The fourth-order valence-electron chi connectivity index (χ4n) is 1.50. The highest BCUT2D eigenvalue weighted by atomic mass is 79.9. The molecule has 0 N–H and O–H groups in total. The van der Waals surface area contributed by atoms with E-state index < -0.39 is 17.6 Å². The van der Waals surface area contributed by atoms with Crippen LogP contribution < -0.4 is 4.74 Å². The molecule has 1 aromatic rings. The van der Waals surface area contributed by atoms with E-state index in [-0.39, 0.29) is 5.92 Å². The molecule has 0 aliphatic rings. The van der Waals surface area contributed by atoms with E-state index in [0.29, 0.717) is 5.75 Å². The van der Waals surface area contributed by atoms with Gasteiger partial charge in [-0.05, 0) is 30.0 Å². The molecule has 0 saturated carbocycles. The normalized spacial score (nSPS) is 13.8. The van der Waals surface area contributed by atoms with Gasteiger partial charge in [-0.25, -0.2) is 0 Å². The lowest BCUT2D eigenvalue weighted by Gasteiger charge is -2.18. The summed E-state index contributed by atoms with van der Waals surface area (Å²) in [7, 11) is 0. The summed E-state index contributed by atoms with van der Waals surface area (Å²) in [5, 5.41) is 0. The van der Waals surface area contributed by atoms with Crippen molar-refractivity contribution in [3.8, 4) is 5.75 Å². The molecule has 5 heteroatoms. The van der Waals surface area contributed by atoms with Crippen LogP contribution in [0.4, 0.5) is 13.2 Å². The zero-order valence-electron chi connectivity index (χ0n) is 10.5. The van der Waals surface area contributed by atoms with Crippen LogP contribution in [0.2, 0.25) is 0 Å². The van der Waals surface area contributed by atoms with Gasteiger partial charge in [0.05, 0.1) is 0 Å².